The van der Waals surface area contributed by atoms with Crippen molar-refractivity contribution in [1.29, 1.82) is 0 Å². The molecule has 0 saturated heterocycles. The molecule has 0 aliphatic heterocycles. The number of aryl methyl sites for hydroxylation is 1. The van der Waals surface area contributed by atoms with Crippen LogP contribution >= 0.6 is 43.2 Å². The van der Waals surface area contributed by atoms with Gasteiger partial charge in [-0.25, -0.2) is 4.39 Å². The zero-order valence-electron chi connectivity index (χ0n) is 9.88. The van der Waals surface area contributed by atoms with Crippen molar-refractivity contribution in [2.45, 2.75) is 6.92 Å². The zero-order valence-corrected chi connectivity index (χ0v) is 13.9. The van der Waals surface area contributed by atoms with Gasteiger partial charge in [-0.1, -0.05) is 12.1 Å². The lowest BCUT2D eigenvalue weighted by Gasteiger charge is -2.07. The Kier molecular flexibility index (Phi) is 4.76. The Labute approximate surface area is 130 Å². The predicted molar refractivity (Wildman–Crippen MR) is 80.7 cm³/mol. The monoisotopic (exact) mass is 406 g/mol. The van der Waals surface area contributed by atoms with E-state index in [1.54, 1.807) is 25.1 Å². The van der Waals surface area contributed by atoms with E-state index in [0.717, 1.165) is 7.57 Å². The highest BCUT2D eigenvalue weighted by Gasteiger charge is 2.15. The molecule has 0 atom stereocenters. The number of benzene rings is 1. The molecule has 0 spiro atoms. The van der Waals surface area contributed by atoms with Crippen molar-refractivity contribution in [2.75, 3.05) is 6.61 Å². The first kappa shape index (κ1) is 14.7. The Morgan fingerprint density at radius 2 is 2.16 bits per heavy atom. The van der Waals surface area contributed by atoms with Gasteiger partial charge in [0.05, 0.1) is 7.57 Å². The summed E-state index contributed by atoms with van der Waals surface area (Å²) in [4.78, 5) is 12.0. The van der Waals surface area contributed by atoms with E-state index in [9.17, 15) is 9.18 Å². The lowest BCUT2D eigenvalue weighted by Crippen LogP contribution is -2.12. The van der Waals surface area contributed by atoms with Gasteiger partial charge in [-0.3, -0.25) is 4.79 Å². The number of carbonyl (C=O) groups is 1. The van der Waals surface area contributed by atoms with Gasteiger partial charge in [0.1, 0.15) is 0 Å². The minimum absolute atomic E-state index is 0.0961. The van der Waals surface area contributed by atoms with E-state index in [0.29, 0.717) is 11.1 Å². The fourth-order valence-electron chi connectivity index (χ4n) is 1.48. The van der Waals surface area contributed by atoms with Gasteiger partial charge in [0, 0.05) is 5.56 Å². The molecule has 6 heteroatoms. The van der Waals surface area contributed by atoms with Crippen molar-refractivity contribution in [1.82, 2.24) is 0 Å². The zero-order chi connectivity index (χ0) is 14.0. The van der Waals surface area contributed by atoms with Crippen molar-refractivity contribution >= 4 is 49.0 Å². The number of rotatable bonds is 4. The number of carbonyl (C=O) groups excluding carboxylic acids is 1. The summed E-state index contributed by atoms with van der Waals surface area (Å²) >= 11 is 8.02. The van der Waals surface area contributed by atoms with Gasteiger partial charge in [0.25, 0.3) is 0 Å². The van der Waals surface area contributed by atoms with Crippen LogP contribution < -0.4 is 4.74 Å². The van der Waals surface area contributed by atoms with Gasteiger partial charge in [-0.2, -0.15) is 0 Å². The molecule has 2 aromatic rings. The van der Waals surface area contributed by atoms with E-state index >= 15 is 0 Å². The van der Waals surface area contributed by atoms with Crippen molar-refractivity contribution in [3.63, 3.8) is 0 Å². The molecule has 1 aromatic heterocycles. The second kappa shape index (κ2) is 6.15. The first-order valence-corrected chi connectivity index (χ1v) is 7.75. The van der Waals surface area contributed by atoms with Crippen molar-refractivity contribution in [3.05, 3.63) is 48.8 Å². The van der Waals surface area contributed by atoms with E-state index in [1.807, 2.05) is 0 Å². The number of halogens is 3. The third-order valence-corrected chi connectivity index (χ3v) is 4.81. The second-order valence-electron chi connectivity index (χ2n) is 3.84. The van der Waals surface area contributed by atoms with Crippen LogP contribution in [0.2, 0.25) is 0 Å². The van der Waals surface area contributed by atoms with Crippen LogP contribution in [0.5, 0.6) is 5.75 Å². The van der Waals surface area contributed by atoms with Crippen LogP contribution in [0.15, 0.2) is 31.8 Å². The Morgan fingerprint density at radius 3 is 2.79 bits per heavy atom. The van der Waals surface area contributed by atoms with Crippen molar-refractivity contribution < 1.29 is 13.9 Å². The number of thiophene rings is 1. The van der Waals surface area contributed by atoms with Crippen molar-refractivity contribution in [2.24, 2.45) is 0 Å². The Morgan fingerprint density at radius 1 is 1.42 bits per heavy atom. The molecule has 2 nitrogen and oxygen atoms in total. The van der Waals surface area contributed by atoms with Gasteiger partial charge in [-0.05, 0) is 56.5 Å². The van der Waals surface area contributed by atoms with Crippen LogP contribution in [0.25, 0.3) is 0 Å². The Hall–Kier alpha value is -0.720. The summed E-state index contributed by atoms with van der Waals surface area (Å²) in [6, 6.07) is 6.56. The summed E-state index contributed by atoms with van der Waals surface area (Å²) in [5.41, 5.74) is 1.02. The summed E-state index contributed by atoms with van der Waals surface area (Å²) in [7, 11) is 0. The second-order valence-corrected chi connectivity index (χ2v) is 7.59. The quantitative estimate of drug-likeness (QED) is 0.668. The molecule has 0 N–H and O–H groups in total. The molecule has 100 valence electrons. The molecule has 0 fully saturated rings. The SMILES string of the molecule is Cc1cccc(OCC(=O)c2cc(Br)sc2Br)c1F. The molecule has 1 aromatic carbocycles. The molecule has 0 aliphatic carbocycles. The van der Waals surface area contributed by atoms with Crippen LogP contribution in [0.1, 0.15) is 15.9 Å². The first-order chi connectivity index (χ1) is 8.99. The molecular formula is C13H9Br2FO2S. The van der Waals surface area contributed by atoms with Gasteiger partial charge in [0.2, 0.25) is 5.78 Å². The van der Waals surface area contributed by atoms with Crippen LogP contribution in [0.3, 0.4) is 0 Å². The molecule has 0 radical (unpaired) electrons. The molecule has 0 bridgehead atoms. The van der Waals surface area contributed by atoms with E-state index < -0.39 is 5.82 Å². The van der Waals surface area contributed by atoms with Crippen LogP contribution in [0.4, 0.5) is 4.39 Å². The smallest absolute Gasteiger partial charge is 0.202 e. The normalized spacial score (nSPS) is 10.5. The van der Waals surface area contributed by atoms with Gasteiger partial charge in [0.15, 0.2) is 18.2 Å². The van der Waals surface area contributed by atoms with E-state index in [4.69, 9.17) is 4.74 Å². The number of hydrogen-bond donors (Lipinski definition) is 0. The fourth-order valence-corrected chi connectivity index (χ4v) is 4.34. The number of hydrogen-bond acceptors (Lipinski definition) is 3. The number of Topliss-reactive ketones (excluding diaryl/α,β-unsaturated/α-hetero) is 1. The fraction of sp³-hybridized carbons (Fsp3) is 0.154. The predicted octanol–water partition coefficient (Wildman–Crippen LogP) is 4.98. The molecule has 0 unspecified atom stereocenters. The maximum atomic E-state index is 13.7. The summed E-state index contributed by atoms with van der Waals surface area (Å²) in [6.45, 7) is 1.46. The third kappa shape index (κ3) is 3.43. The summed E-state index contributed by atoms with van der Waals surface area (Å²) in [5.74, 6) is -0.533. The molecule has 0 aliphatic rings. The first-order valence-electron chi connectivity index (χ1n) is 5.35. The van der Waals surface area contributed by atoms with Crippen LogP contribution in [-0.4, -0.2) is 12.4 Å². The topological polar surface area (TPSA) is 26.3 Å². The molecule has 19 heavy (non-hydrogen) atoms. The Balaban J connectivity index is 2.09. The summed E-state index contributed by atoms with van der Waals surface area (Å²) < 4.78 is 20.5. The highest BCUT2D eigenvalue weighted by atomic mass is 79.9. The molecular weight excluding hydrogens is 399 g/mol. The maximum absolute atomic E-state index is 13.7. The van der Waals surface area contributed by atoms with E-state index in [-0.39, 0.29) is 18.1 Å². The molecule has 0 amide bonds. The highest BCUT2D eigenvalue weighted by Crippen LogP contribution is 2.32. The van der Waals surface area contributed by atoms with Crippen LogP contribution in [0, 0.1) is 12.7 Å². The van der Waals surface area contributed by atoms with E-state index in [2.05, 4.69) is 31.9 Å². The van der Waals surface area contributed by atoms with Crippen LogP contribution in [-0.2, 0) is 0 Å². The van der Waals surface area contributed by atoms with Gasteiger partial charge < -0.3 is 4.74 Å². The largest absolute Gasteiger partial charge is 0.482 e. The Bertz CT molecular complexity index is 625. The average Bonchev–Trinajstić information content (AvgIpc) is 2.70. The summed E-state index contributed by atoms with van der Waals surface area (Å²) in [5, 5.41) is 0. The molecule has 1 heterocycles. The molecule has 2 rings (SSSR count). The minimum Gasteiger partial charge on any atom is -0.482 e. The maximum Gasteiger partial charge on any atom is 0.202 e. The van der Waals surface area contributed by atoms with Crippen molar-refractivity contribution in [3.8, 4) is 5.75 Å². The standard InChI is InChI=1S/C13H9Br2FO2S/c1-7-3-2-4-10(12(7)16)18-6-9(17)8-5-11(14)19-13(8)15/h2-5H,6H2,1H3. The van der Waals surface area contributed by atoms with Gasteiger partial charge in [-0.15, -0.1) is 11.3 Å². The number of ketones is 1. The minimum atomic E-state index is -0.430. The third-order valence-electron chi connectivity index (χ3n) is 2.47. The average molecular weight is 408 g/mol. The molecule has 0 saturated carbocycles. The summed E-state index contributed by atoms with van der Waals surface area (Å²) in [6.07, 6.45) is 0. The highest BCUT2D eigenvalue weighted by molar-refractivity contribution is 9.12. The van der Waals surface area contributed by atoms with Gasteiger partial charge >= 0.3 is 0 Å². The lowest BCUT2D eigenvalue weighted by molar-refractivity contribution is 0.0918. The lowest BCUT2D eigenvalue weighted by atomic mass is 10.2. The van der Waals surface area contributed by atoms with E-state index in [1.165, 1.54) is 17.4 Å². The number of ether oxygens (including phenoxy) is 1.